The first-order valence-corrected chi connectivity index (χ1v) is 8.26. The summed E-state index contributed by atoms with van der Waals surface area (Å²) in [5, 5.41) is 13.9. The number of aromatic nitrogens is 4. The molecule has 3 rings (SSSR count). The minimum absolute atomic E-state index is 0.247. The zero-order valence-electron chi connectivity index (χ0n) is 13.0. The average molecular weight is 383 g/mol. The molecule has 0 radical (unpaired) electrons. The fourth-order valence-electron chi connectivity index (χ4n) is 2.53. The van der Waals surface area contributed by atoms with Crippen LogP contribution in [0.2, 0.25) is 15.1 Å². The van der Waals surface area contributed by atoms with E-state index in [1.165, 1.54) is 0 Å². The van der Waals surface area contributed by atoms with E-state index in [0.717, 1.165) is 11.3 Å². The lowest BCUT2D eigenvalue weighted by molar-refractivity contribution is 0.325. The van der Waals surface area contributed by atoms with E-state index in [2.05, 4.69) is 15.5 Å². The van der Waals surface area contributed by atoms with Crippen molar-refractivity contribution in [2.75, 3.05) is 14.1 Å². The maximum absolute atomic E-state index is 6.40. The van der Waals surface area contributed by atoms with Gasteiger partial charge in [0.1, 0.15) is 0 Å². The first-order valence-electron chi connectivity index (χ1n) is 7.13. The number of hydrogen-bond acceptors (Lipinski definition) is 4. The highest BCUT2D eigenvalue weighted by atomic mass is 35.5. The van der Waals surface area contributed by atoms with E-state index in [1.807, 2.05) is 37.2 Å². The molecule has 0 aliphatic heterocycles. The SMILES string of the molecule is CN(C)C(c1ccc(Cl)cc1Cl)c1nnnn1-c1cccc(Cl)c1. The normalized spacial score (nSPS) is 12.6. The molecule has 2 aromatic carbocycles. The standard InChI is InChI=1S/C16H14Cl3N5/c1-23(2)15(13-7-6-11(18)9-14(13)19)16-20-21-22-24(16)12-5-3-4-10(17)8-12/h3-9,15H,1-2H3. The Kier molecular flexibility index (Phi) is 5.06. The van der Waals surface area contributed by atoms with Crippen molar-refractivity contribution in [3.05, 3.63) is 68.9 Å². The van der Waals surface area contributed by atoms with Gasteiger partial charge in [0.2, 0.25) is 0 Å². The van der Waals surface area contributed by atoms with Crippen molar-refractivity contribution in [3.63, 3.8) is 0 Å². The van der Waals surface area contributed by atoms with Crippen LogP contribution >= 0.6 is 34.8 Å². The van der Waals surface area contributed by atoms with Crippen molar-refractivity contribution in [3.8, 4) is 5.69 Å². The third-order valence-corrected chi connectivity index (χ3v) is 4.36. The van der Waals surface area contributed by atoms with E-state index in [4.69, 9.17) is 34.8 Å². The highest BCUT2D eigenvalue weighted by Gasteiger charge is 2.26. The molecule has 0 saturated heterocycles. The van der Waals surface area contributed by atoms with Crippen LogP contribution in [0.5, 0.6) is 0 Å². The maximum atomic E-state index is 6.40. The molecule has 8 heteroatoms. The lowest BCUT2D eigenvalue weighted by atomic mass is 10.0. The molecular formula is C16H14Cl3N5. The molecule has 0 fully saturated rings. The van der Waals surface area contributed by atoms with Gasteiger partial charge in [-0.05, 0) is 60.4 Å². The summed E-state index contributed by atoms with van der Waals surface area (Å²) in [7, 11) is 3.87. The Morgan fingerprint density at radius 2 is 1.75 bits per heavy atom. The monoisotopic (exact) mass is 381 g/mol. The minimum atomic E-state index is -0.247. The van der Waals surface area contributed by atoms with E-state index in [0.29, 0.717) is 20.9 Å². The van der Waals surface area contributed by atoms with Gasteiger partial charge >= 0.3 is 0 Å². The van der Waals surface area contributed by atoms with Gasteiger partial charge in [-0.25, -0.2) is 0 Å². The Bertz CT molecular complexity index is 862. The van der Waals surface area contributed by atoms with Crippen molar-refractivity contribution in [1.82, 2.24) is 25.1 Å². The van der Waals surface area contributed by atoms with Crippen LogP contribution in [0.4, 0.5) is 0 Å². The topological polar surface area (TPSA) is 46.8 Å². The Morgan fingerprint density at radius 1 is 1.00 bits per heavy atom. The van der Waals surface area contributed by atoms with Gasteiger partial charge in [0, 0.05) is 15.1 Å². The molecule has 5 nitrogen and oxygen atoms in total. The largest absolute Gasteiger partial charge is 0.296 e. The van der Waals surface area contributed by atoms with Crippen LogP contribution in [0.15, 0.2) is 42.5 Å². The number of halogens is 3. The van der Waals surface area contributed by atoms with Crippen molar-refractivity contribution in [1.29, 1.82) is 0 Å². The van der Waals surface area contributed by atoms with Gasteiger partial charge in [-0.3, -0.25) is 4.90 Å². The van der Waals surface area contributed by atoms with Crippen LogP contribution < -0.4 is 0 Å². The summed E-state index contributed by atoms with van der Waals surface area (Å²) in [6, 6.07) is 12.5. The summed E-state index contributed by atoms with van der Waals surface area (Å²) in [6.07, 6.45) is 0. The molecular weight excluding hydrogens is 369 g/mol. The molecule has 124 valence electrons. The molecule has 0 N–H and O–H groups in total. The smallest absolute Gasteiger partial charge is 0.178 e. The molecule has 1 atom stereocenters. The van der Waals surface area contributed by atoms with Gasteiger partial charge in [-0.2, -0.15) is 4.68 Å². The fourth-order valence-corrected chi connectivity index (χ4v) is 3.22. The first-order chi connectivity index (χ1) is 11.5. The number of hydrogen-bond donors (Lipinski definition) is 0. The second-order valence-corrected chi connectivity index (χ2v) is 6.74. The Hall–Kier alpha value is -1.66. The number of nitrogens with zero attached hydrogens (tertiary/aromatic N) is 5. The van der Waals surface area contributed by atoms with Gasteiger partial charge in [-0.15, -0.1) is 5.10 Å². The second kappa shape index (κ2) is 7.07. The lowest BCUT2D eigenvalue weighted by Gasteiger charge is -2.24. The zero-order valence-corrected chi connectivity index (χ0v) is 15.3. The predicted octanol–water partition coefficient (Wildman–Crippen LogP) is 4.27. The Morgan fingerprint density at radius 3 is 2.42 bits per heavy atom. The molecule has 0 amide bonds. The van der Waals surface area contributed by atoms with E-state index in [-0.39, 0.29) is 6.04 Å². The van der Waals surface area contributed by atoms with Gasteiger partial charge in [0.15, 0.2) is 5.82 Å². The number of rotatable bonds is 4. The van der Waals surface area contributed by atoms with Crippen LogP contribution in [0.1, 0.15) is 17.4 Å². The summed E-state index contributed by atoms with van der Waals surface area (Å²) in [6.45, 7) is 0. The molecule has 0 aliphatic rings. The van der Waals surface area contributed by atoms with Crippen LogP contribution in [0.25, 0.3) is 5.69 Å². The highest BCUT2D eigenvalue weighted by molar-refractivity contribution is 6.35. The Balaban J connectivity index is 2.13. The molecule has 0 saturated carbocycles. The van der Waals surface area contributed by atoms with Crippen molar-refractivity contribution in [2.45, 2.75) is 6.04 Å². The molecule has 0 spiro atoms. The summed E-state index contributed by atoms with van der Waals surface area (Å²) < 4.78 is 1.65. The third kappa shape index (κ3) is 3.39. The Labute approximate surface area is 154 Å². The minimum Gasteiger partial charge on any atom is -0.296 e. The fraction of sp³-hybridized carbons (Fsp3) is 0.188. The van der Waals surface area contributed by atoms with Crippen LogP contribution in [0.3, 0.4) is 0 Å². The van der Waals surface area contributed by atoms with E-state index < -0.39 is 0 Å². The van der Waals surface area contributed by atoms with Crippen LogP contribution in [-0.4, -0.2) is 39.2 Å². The van der Waals surface area contributed by atoms with Gasteiger partial charge < -0.3 is 0 Å². The second-order valence-electron chi connectivity index (χ2n) is 5.46. The molecule has 1 unspecified atom stereocenters. The summed E-state index contributed by atoms with van der Waals surface area (Å²) in [5.74, 6) is 0.631. The molecule has 24 heavy (non-hydrogen) atoms. The maximum Gasteiger partial charge on any atom is 0.178 e. The average Bonchev–Trinajstić information content (AvgIpc) is 2.98. The molecule has 1 heterocycles. The number of tetrazole rings is 1. The lowest BCUT2D eigenvalue weighted by Crippen LogP contribution is -2.25. The first kappa shape index (κ1) is 17.2. The summed E-state index contributed by atoms with van der Waals surface area (Å²) in [4.78, 5) is 1.99. The molecule has 0 bridgehead atoms. The van der Waals surface area contributed by atoms with E-state index in [9.17, 15) is 0 Å². The highest BCUT2D eigenvalue weighted by Crippen LogP contribution is 2.33. The van der Waals surface area contributed by atoms with Gasteiger partial charge in [0.25, 0.3) is 0 Å². The summed E-state index contributed by atoms with van der Waals surface area (Å²) in [5.41, 5.74) is 1.64. The summed E-state index contributed by atoms with van der Waals surface area (Å²) >= 11 is 18.5. The quantitative estimate of drug-likeness (QED) is 0.676. The van der Waals surface area contributed by atoms with Gasteiger partial charge in [0.05, 0.1) is 11.7 Å². The van der Waals surface area contributed by atoms with E-state index >= 15 is 0 Å². The van der Waals surface area contributed by atoms with Crippen LogP contribution in [-0.2, 0) is 0 Å². The van der Waals surface area contributed by atoms with Crippen molar-refractivity contribution in [2.24, 2.45) is 0 Å². The molecule has 0 aliphatic carbocycles. The third-order valence-electron chi connectivity index (χ3n) is 3.56. The molecule has 3 aromatic rings. The predicted molar refractivity (Wildman–Crippen MR) is 96.2 cm³/mol. The number of benzene rings is 2. The van der Waals surface area contributed by atoms with Crippen LogP contribution in [0, 0.1) is 0 Å². The zero-order chi connectivity index (χ0) is 17.3. The van der Waals surface area contributed by atoms with Gasteiger partial charge in [-0.1, -0.05) is 46.9 Å². The molecule has 1 aromatic heterocycles. The van der Waals surface area contributed by atoms with Crippen molar-refractivity contribution < 1.29 is 0 Å². The van der Waals surface area contributed by atoms with E-state index in [1.54, 1.807) is 28.9 Å². The van der Waals surface area contributed by atoms with Crippen molar-refractivity contribution >= 4 is 34.8 Å².